The van der Waals surface area contributed by atoms with Crippen LogP contribution in [-0.4, -0.2) is 18.5 Å². The number of carbonyl (C=O) groups is 2. The molecular formula is C22H22ClNO3S2. The molecule has 7 heteroatoms. The molecule has 4 nitrogen and oxygen atoms in total. The molecule has 1 unspecified atom stereocenters. The summed E-state index contributed by atoms with van der Waals surface area (Å²) in [5, 5.41) is 4.85. The summed E-state index contributed by atoms with van der Waals surface area (Å²) in [6.07, 6.45) is 2.79. The van der Waals surface area contributed by atoms with Crippen molar-refractivity contribution < 1.29 is 14.3 Å². The number of thiophene rings is 2. The fourth-order valence-electron chi connectivity index (χ4n) is 3.74. The summed E-state index contributed by atoms with van der Waals surface area (Å²) in [5.74, 6) is -0.0843. The van der Waals surface area contributed by atoms with E-state index in [0.29, 0.717) is 33.0 Å². The summed E-state index contributed by atoms with van der Waals surface area (Å²) in [7, 11) is 0. The van der Waals surface area contributed by atoms with Gasteiger partial charge in [-0.1, -0.05) is 30.7 Å². The van der Waals surface area contributed by atoms with Gasteiger partial charge in [-0.15, -0.1) is 22.7 Å². The van der Waals surface area contributed by atoms with E-state index in [9.17, 15) is 9.59 Å². The molecule has 1 aromatic carbocycles. The summed E-state index contributed by atoms with van der Waals surface area (Å²) in [5.41, 5.74) is 2.66. The largest absolute Gasteiger partial charge is 0.462 e. The second-order valence-corrected chi connectivity index (χ2v) is 10.0. The number of hydrogen-bond donors (Lipinski definition) is 1. The zero-order valence-corrected chi connectivity index (χ0v) is 18.9. The van der Waals surface area contributed by atoms with E-state index >= 15 is 0 Å². The second kappa shape index (κ2) is 8.09. The van der Waals surface area contributed by atoms with Gasteiger partial charge in [0.25, 0.3) is 5.91 Å². The molecule has 3 aromatic rings. The Kier molecular flexibility index (Phi) is 5.69. The highest BCUT2D eigenvalue weighted by Crippen LogP contribution is 2.41. The van der Waals surface area contributed by atoms with Crippen LogP contribution in [0.25, 0.3) is 10.1 Å². The standard InChI is InChI=1S/C22H22ClNO3S2/c1-4-27-22(26)17-13-7-5-11(2)9-15(13)29-21(17)24-20(25)19-18(23)14-8-6-12(3)10-16(14)28-19/h6,8,10-11H,4-5,7,9H2,1-3H3,(H,24,25). The van der Waals surface area contributed by atoms with Crippen LogP contribution in [0.4, 0.5) is 5.00 Å². The van der Waals surface area contributed by atoms with E-state index in [4.69, 9.17) is 16.3 Å². The number of fused-ring (bicyclic) bond motifs is 2. The minimum Gasteiger partial charge on any atom is -0.462 e. The number of benzene rings is 1. The molecule has 152 valence electrons. The third-order valence-electron chi connectivity index (χ3n) is 5.21. The predicted molar refractivity (Wildman–Crippen MR) is 121 cm³/mol. The molecule has 0 saturated carbocycles. The number of ether oxygens (including phenoxy) is 1. The molecule has 1 aliphatic carbocycles. The van der Waals surface area contributed by atoms with Crippen LogP contribution in [0, 0.1) is 12.8 Å². The minimum atomic E-state index is -0.368. The van der Waals surface area contributed by atoms with Crippen LogP contribution in [0.2, 0.25) is 5.02 Å². The van der Waals surface area contributed by atoms with Gasteiger partial charge in [-0.25, -0.2) is 4.79 Å². The molecule has 1 aliphatic rings. The maximum atomic E-state index is 13.1. The Morgan fingerprint density at radius 2 is 2.10 bits per heavy atom. The van der Waals surface area contributed by atoms with E-state index in [0.717, 1.165) is 40.5 Å². The normalized spacial score (nSPS) is 15.9. The Bertz CT molecular complexity index is 1120. The van der Waals surface area contributed by atoms with Gasteiger partial charge in [-0.05, 0) is 56.2 Å². The first-order valence-corrected chi connectivity index (χ1v) is 11.7. The second-order valence-electron chi connectivity index (χ2n) is 7.48. The smallest absolute Gasteiger partial charge is 0.341 e. The van der Waals surface area contributed by atoms with Gasteiger partial charge >= 0.3 is 5.97 Å². The molecule has 1 amide bonds. The first kappa shape index (κ1) is 20.4. The number of nitrogens with one attached hydrogen (secondary N) is 1. The first-order valence-electron chi connectivity index (χ1n) is 9.70. The van der Waals surface area contributed by atoms with Crippen LogP contribution in [-0.2, 0) is 17.6 Å². The van der Waals surface area contributed by atoms with E-state index in [1.165, 1.54) is 27.6 Å². The van der Waals surface area contributed by atoms with Gasteiger partial charge in [0.2, 0.25) is 0 Å². The zero-order chi connectivity index (χ0) is 20.7. The predicted octanol–water partition coefficient (Wildman–Crippen LogP) is 6.48. The summed E-state index contributed by atoms with van der Waals surface area (Å²) in [6, 6.07) is 5.95. The molecule has 29 heavy (non-hydrogen) atoms. The molecule has 1 atom stereocenters. The summed E-state index contributed by atoms with van der Waals surface area (Å²) in [6.45, 7) is 6.31. The van der Waals surface area contributed by atoms with Crippen molar-refractivity contribution in [3.05, 3.63) is 49.7 Å². The maximum Gasteiger partial charge on any atom is 0.341 e. The van der Waals surface area contributed by atoms with E-state index < -0.39 is 0 Å². The van der Waals surface area contributed by atoms with E-state index in [-0.39, 0.29) is 11.9 Å². The monoisotopic (exact) mass is 447 g/mol. The van der Waals surface area contributed by atoms with Gasteiger partial charge in [0.05, 0.1) is 17.2 Å². The lowest BCUT2D eigenvalue weighted by atomic mass is 9.88. The summed E-state index contributed by atoms with van der Waals surface area (Å²) < 4.78 is 6.26. The molecule has 0 fully saturated rings. The first-order chi connectivity index (χ1) is 13.9. The number of anilines is 1. The summed E-state index contributed by atoms with van der Waals surface area (Å²) >= 11 is 9.36. The maximum absolute atomic E-state index is 13.1. The highest BCUT2D eigenvalue weighted by atomic mass is 35.5. The lowest BCUT2D eigenvalue weighted by Gasteiger charge is -2.18. The molecule has 0 aliphatic heterocycles. The molecule has 2 aromatic heterocycles. The van der Waals surface area contributed by atoms with Crippen molar-refractivity contribution in [2.24, 2.45) is 5.92 Å². The Hall–Kier alpha value is -1.89. The molecular weight excluding hydrogens is 426 g/mol. The molecule has 1 N–H and O–H groups in total. The highest BCUT2D eigenvalue weighted by Gasteiger charge is 2.30. The third kappa shape index (κ3) is 3.81. The molecule has 0 saturated heterocycles. The number of hydrogen-bond acceptors (Lipinski definition) is 5. The SMILES string of the molecule is CCOC(=O)c1c(NC(=O)c2sc3cc(C)ccc3c2Cl)sc2c1CCC(C)C2. The number of esters is 1. The van der Waals surface area contributed by atoms with Gasteiger partial charge < -0.3 is 10.1 Å². The van der Waals surface area contributed by atoms with Gasteiger partial charge in [0.1, 0.15) is 9.88 Å². The Balaban J connectivity index is 1.71. The number of rotatable bonds is 4. The van der Waals surface area contributed by atoms with Crippen molar-refractivity contribution in [2.45, 2.75) is 40.0 Å². The van der Waals surface area contributed by atoms with Crippen molar-refractivity contribution in [1.82, 2.24) is 0 Å². The van der Waals surface area contributed by atoms with Crippen molar-refractivity contribution in [1.29, 1.82) is 0 Å². The number of halogens is 1. The van der Waals surface area contributed by atoms with E-state index in [2.05, 4.69) is 12.2 Å². The van der Waals surface area contributed by atoms with Crippen LogP contribution in [0.15, 0.2) is 18.2 Å². The van der Waals surface area contributed by atoms with Crippen LogP contribution in [0.3, 0.4) is 0 Å². The number of amides is 1. The van der Waals surface area contributed by atoms with Crippen LogP contribution >= 0.6 is 34.3 Å². The van der Waals surface area contributed by atoms with Crippen LogP contribution in [0.5, 0.6) is 0 Å². The molecule has 2 heterocycles. The average molecular weight is 448 g/mol. The average Bonchev–Trinajstić information content (AvgIpc) is 3.18. The number of carbonyl (C=O) groups excluding carboxylic acids is 2. The van der Waals surface area contributed by atoms with Gasteiger partial charge in [-0.3, -0.25) is 4.79 Å². The molecule has 0 radical (unpaired) electrons. The minimum absolute atomic E-state index is 0.286. The molecule has 0 spiro atoms. The van der Waals surface area contributed by atoms with Crippen LogP contribution < -0.4 is 5.32 Å². The van der Waals surface area contributed by atoms with Gasteiger partial charge in [0.15, 0.2) is 0 Å². The molecule has 4 rings (SSSR count). The Labute approximate surface area is 182 Å². The number of aryl methyl sites for hydroxylation is 1. The Morgan fingerprint density at radius 3 is 2.86 bits per heavy atom. The van der Waals surface area contributed by atoms with Gasteiger partial charge in [-0.2, -0.15) is 0 Å². The lowest BCUT2D eigenvalue weighted by molar-refractivity contribution is 0.0526. The fraction of sp³-hybridized carbons (Fsp3) is 0.364. The fourth-order valence-corrected chi connectivity index (χ4v) is 6.64. The van der Waals surface area contributed by atoms with Crippen molar-refractivity contribution in [3.8, 4) is 0 Å². The van der Waals surface area contributed by atoms with Crippen molar-refractivity contribution >= 4 is 61.2 Å². The van der Waals surface area contributed by atoms with Gasteiger partial charge in [0, 0.05) is 15.0 Å². The lowest BCUT2D eigenvalue weighted by Crippen LogP contribution is -2.16. The third-order valence-corrected chi connectivity index (χ3v) is 8.04. The Morgan fingerprint density at radius 1 is 1.31 bits per heavy atom. The highest BCUT2D eigenvalue weighted by molar-refractivity contribution is 7.22. The van der Waals surface area contributed by atoms with Crippen molar-refractivity contribution in [3.63, 3.8) is 0 Å². The van der Waals surface area contributed by atoms with E-state index in [1.54, 1.807) is 6.92 Å². The van der Waals surface area contributed by atoms with Crippen LogP contribution in [0.1, 0.15) is 56.3 Å². The van der Waals surface area contributed by atoms with E-state index in [1.807, 2.05) is 25.1 Å². The van der Waals surface area contributed by atoms with Crippen molar-refractivity contribution in [2.75, 3.05) is 11.9 Å². The topological polar surface area (TPSA) is 55.4 Å². The quantitative estimate of drug-likeness (QED) is 0.465. The zero-order valence-electron chi connectivity index (χ0n) is 16.6. The molecule has 0 bridgehead atoms. The summed E-state index contributed by atoms with van der Waals surface area (Å²) in [4.78, 5) is 27.3.